The molecule has 0 bridgehead atoms. The minimum absolute atomic E-state index is 0.487. The van der Waals surface area contributed by atoms with E-state index in [2.05, 4.69) is 17.2 Å². The summed E-state index contributed by atoms with van der Waals surface area (Å²) in [5.41, 5.74) is 1.04. The van der Waals surface area contributed by atoms with Crippen LogP contribution in [-0.4, -0.2) is 24.2 Å². The molecule has 0 radical (unpaired) electrons. The van der Waals surface area contributed by atoms with E-state index in [1.54, 1.807) is 6.20 Å². The number of ether oxygens (including phenoxy) is 1. The van der Waals surface area contributed by atoms with E-state index in [0.717, 1.165) is 24.3 Å². The first-order chi connectivity index (χ1) is 7.79. The maximum Gasteiger partial charge on any atom is 0.138 e. The van der Waals surface area contributed by atoms with Gasteiger partial charge in [-0.05, 0) is 37.4 Å². The molecular weight excluding hydrogens is 224 g/mol. The van der Waals surface area contributed by atoms with Crippen molar-refractivity contribution >= 4 is 11.6 Å². The molecule has 1 aliphatic heterocycles. The standard InChI is InChI=1S/C12H17ClN2O/c1-2-9-6-11(7-15-12(9)13)16-8-10-4-3-5-14-10/h6-7,10,14H,2-5,8H2,1H3/t10-/m1/s1. The number of nitrogens with zero attached hydrogens (tertiary/aromatic N) is 1. The van der Waals surface area contributed by atoms with E-state index in [4.69, 9.17) is 16.3 Å². The molecule has 1 aromatic rings. The summed E-state index contributed by atoms with van der Waals surface area (Å²) in [5, 5.41) is 3.97. The predicted octanol–water partition coefficient (Wildman–Crippen LogP) is 2.43. The lowest BCUT2D eigenvalue weighted by Gasteiger charge is -2.12. The summed E-state index contributed by atoms with van der Waals surface area (Å²) in [5.74, 6) is 0.815. The van der Waals surface area contributed by atoms with Crippen LogP contribution in [0.5, 0.6) is 5.75 Å². The zero-order chi connectivity index (χ0) is 11.4. The van der Waals surface area contributed by atoms with Crippen molar-refractivity contribution in [3.05, 3.63) is 23.0 Å². The Morgan fingerprint density at radius 2 is 2.50 bits per heavy atom. The topological polar surface area (TPSA) is 34.1 Å². The maximum absolute atomic E-state index is 5.94. The van der Waals surface area contributed by atoms with E-state index in [1.807, 2.05) is 6.07 Å². The van der Waals surface area contributed by atoms with Crippen LogP contribution in [0.25, 0.3) is 0 Å². The predicted molar refractivity (Wildman–Crippen MR) is 65.1 cm³/mol. The van der Waals surface area contributed by atoms with Crippen molar-refractivity contribution in [3.8, 4) is 5.75 Å². The number of hydrogen-bond acceptors (Lipinski definition) is 3. The zero-order valence-corrected chi connectivity index (χ0v) is 10.3. The molecule has 4 heteroatoms. The molecule has 88 valence electrons. The Labute approximate surface area is 101 Å². The highest BCUT2D eigenvalue weighted by atomic mass is 35.5. The van der Waals surface area contributed by atoms with Crippen LogP contribution in [0.15, 0.2) is 12.3 Å². The van der Waals surface area contributed by atoms with Gasteiger partial charge in [-0.3, -0.25) is 0 Å². The van der Waals surface area contributed by atoms with E-state index in [1.165, 1.54) is 12.8 Å². The SMILES string of the molecule is CCc1cc(OC[C@H]2CCCN2)cnc1Cl. The molecule has 1 aromatic heterocycles. The van der Waals surface area contributed by atoms with Crippen molar-refractivity contribution in [2.75, 3.05) is 13.2 Å². The molecule has 0 saturated carbocycles. The second-order valence-electron chi connectivity index (χ2n) is 4.08. The van der Waals surface area contributed by atoms with Gasteiger partial charge in [0, 0.05) is 6.04 Å². The highest BCUT2D eigenvalue weighted by Gasteiger charge is 2.14. The van der Waals surface area contributed by atoms with Gasteiger partial charge >= 0.3 is 0 Å². The summed E-state index contributed by atoms with van der Waals surface area (Å²) in [6.45, 7) is 3.88. The summed E-state index contributed by atoms with van der Waals surface area (Å²) in [6, 6.07) is 2.46. The van der Waals surface area contributed by atoms with Crippen LogP contribution >= 0.6 is 11.6 Å². The molecule has 2 heterocycles. The second kappa shape index (κ2) is 5.51. The van der Waals surface area contributed by atoms with Gasteiger partial charge in [0.2, 0.25) is 0 Å². The molecule has 0 aromatic carbocycles. The van der Waals surface area contributed by atoms with E-state index in [0.29, 0.717) is 17.8 Å². The van der Waals surface area contributed by atoms with Gasteiger partial charge in [0.05, 0.1) is 6.20 Å². The summed E-state index contributed by atoms with van der Waals surface area (Å²) in [7, 11) is 0. The lowest BCUT2D eigenvalue weighted by atomic mass is 10.2. The fraction of sp³-hybridized carbons (Fsp3) is 0.583. The summed E-state index contributed by atoms with van der Waals surface area (Å²) in [4.78, 5) is 4.12. The van der Waals surface area contributed by atoms with Crippen LogP contribution in [-0.2, 0) is 6.42 Å². The first-order valence-corrected chi connectivity index (χ1v) is 6.18. The van der Waals surface area contributed by atoms with Crippen LogP contribution in [0.3, 0.4) is 0 Å². The number of halogens is 1. The Morgan fingerprint density at radius 3 is 3.19 bits per heavy atom. The monoisotopic (exact) mass is 240 g/mol. The molecule has 1 aliphatic rings. The third-order valence-electron chi connectivity index (χ3n) is 2.88. The van der Waals surface area contributed by atoms with E-state index < -0.39 is 0 Å². The van der Waals surface area contributed by atoms with Gasteiger partial charge in [0.15, 0.2) is 0 Å². The second-order valence-corrected chi connectivity index (χ2v) is 4.44. The Hall–Kier alpha value is -0.800. The molecule has 1 fully saturated rings. The Morgan fingerprint density at radius 1 is 1.62 bits per heavy atom. The number of pyridine rings is 1. The van der Waals surface area contributed by atoms with Crippen molar-refractivity contribution < 1.29 is 4.74 Å². The molecule has 3 nitrogen and oxygen atoms in total. The third-order valence-corrected chi connectivity index (χ3v) is 3.22. The van der Waals surface area contributed by atoms with Gasteiger partial charge in [0.25, 0.3) is 0 Å². The van der Waals surface area contributed by atoms with Crippen LogP contribution in [0.4, 0.5) is 0 Å². The maximum atomic E-state index is 5.94. The summed E-state index contributed by atoms with van der Waals surface area (Å²) < 4.78 is 5.70. The van der Waals surface area contributed by atoms with E-state index >= 15 is 0 Å². The molecule has 0 spiro atoms. The molecule has 1 saturated heterocycles. The molecule has 0 unspecified atom stereocenters. The summed E-state index contributed by atoms with van der Waals surface area (Å²) >= 11 is 5.94. The fourth-order valence-corrected chi connectivity index (χ4v) is 2.13. The van der Waals surface area contributed by atoms with Crippen molar-refractivity contribution in [3.63, 3.8) is 0 Å². The number of aromatic nitrogens is 1. The largest absolute Gasteiger partial charge is 0.490 e. The molecular formula is C12H17ClN2O. The number of nitrogens with one attached hydrogen (secondary N) is 1. The van der Waals surface area contributed by atoms with Crippen molar-refractivity contribution in [1.29, 1.82) is 0 Å². The third kappa shape index (κ3) is 2.86. The molecule has 0 amide bonds. The average molecular weight is 241 g/mol. The Balaban J connectivity index is 1.93. The molecule has 2 rings (SSSR count). The number of hydrogen-bond donors (Lipinski definition) is 1. The molecule has 1 N–H and O–H groups in total. The van der Waals surface area contributed by atoms with Crippen LogP contribution in [0.1, 0.15) is 25.3 Å². The number of rotatable bonds is 4. The zero-order valence-electron chi connectivity index (χ0n) is 9.50. The van der Waals surface area contributed by atoms with Crippen molar-refractivity contribution in [2.45, 2.75) is 32.2 Å². The van der Waals surface area contributed by atoms with Crippen molar-refractivity contribution in [2.24, 2.45) is 0 Å². The Kier molecular flexibility index (Phi) is 4.02. The Bertz CT molecular complexity index is 351. The van der Waals surface area contributed by atoms with Gasteiger partial charge in [0.1, 0.15) is 17.5 Å². The molecule has 1 atom stereocenters. The minimum Gasteiger partial charge on any atom is -0.490 e. The smallest absolute Gasteiger partial charge is 0.138 e. The first-order valence-electron chi connectivity index (χ1n) is 5.80. The molecule has 16 heavy (non-hydrogen) atoms. The average Bonchev–Trinajstić information content (AvgIpc) is 2.81. The van der Waals surface area contributed by atoms with Crippen LogP contribution in [0, 0.1) is 0 Å². The summed E-state index contributed by atoms with van der Waals surface area (Å²) in [6.07, 6.45) is 5.01. The first kappa shape index (κ1) is 11.7. The fourth-order valence-electron chi connectivity index (χ4n) is 1.89. The van der Waals surface area contributed by atoms with Gasteiger partial charge in [-0.25, -0.2) is 4.98 Å². The molecule has 0 aliphatic carbocycles. The van der Waals surface area contributed by atoms with Crippen LogP contribution in [0.2, 0.25) is 5.15 Å². The van der Waals surface area contributed by atoms with E-state index in [-0.39, 0.29) is 0 Å². The van der Waals surface area contributed by atoms with Crippen molar-refractivity contribution in [1.82, 2.24) is 10.3 Å². The normalized spacial score (nSPS) is 20.0. The minimum atomic E-state index is 0.487. The van der Waals surface area contributed by atoms with Gasteiger partial charge in [-0.2, -0.15) is 0 Å². The highest BCUT2D eigenvalue weighted by Crippen LogP contribution is 2.20. The van der Waals surface area contributed by atoms with E-state index in [9.17, 15) is 0 Å². The van der Waals surface area contributed by atoms with Gasteiger partial charge < -0.3 is 10.1 Å². The van der Waals surface area contributed by atoms with Gasteiger partial charge in [-0.1, -0.05) is 18.5 Å². The lowest BCUT2D eigenvalue weighted by Crippen LogP contribution is -2.28. The highest BCUT2D eigenvalue weighted by molar-refractivity contribution is 6.30. The quantitative estimate of drug-likeness (QED) is 0.821. The van der Waals surface area contributed by atoms with Crippen LogP contribution < -0.4 is 10.1 Å². The van der Waals surface area contributed by atoms with Gasteiger partial charge in [-0.15, -0.1) is 0 Å². The number of aryl methyl sites for hydroxylation is 1. The lowest BCUT2D eigenvalue weighted by molar-refractivity contribution is 0.276.